The average Bonchev–Trinajstić information content (AvgIpc) is 2.52. The van der Waals surface area contributed by atoms with Crippen molar-refractivity contribution < 1.29 is 14.7 Å². The van der Waals surface area contributed by atoms with Crippen LogP contribution in [0.4, 0.5) is 0 Å². The van der Waals surface area contributed by atoms with E-state index >= 15 is 0 Å². The van der Waals surface area contributed by atoms with Crippen molar-refractivity contribution in [1.82, 2.24) is 4.90 Å². The van der Waals surface area contributed by atoms with Gasteiger partial charge in [-0.3, -0.25) is 4.79 Å². The summed E-state index contributed by atoms with van der Waals surface area (Å²) >= 11 is 1.50. The van der Waals surface area contributed by atoms with Crippen LogP contribution in [-0.4, -0.2) is 39.6 Å². The third-order valence-electron chi connectivity index (χ3n) is 1.95. The minimum atomic E-state index is -0.894. The van der Waals surface area contributed by atoms with Crippen LogP contribution in [0.15, 0.2) is 0 Å². The van der Waals surface area contributed by atoms with Gasteiger partial charge in [0.15, 0.2) is 0 Å². The number of carbonyl (C=O) groups excluding carboxylic acids is 1. The molecular formula is C8H13NO3S. The number of hydrogen-bond donors (Lipinski definition) is 1. The third kappa shape index (κ3) is 2.37. The quantitative estimate of drug-likeness (QED) is 0.736. The predicted octanol–water partition coefficient (Wildman–Crippen LogP) is 0.773. The maximum Gasteiger partial charge on any atom is 0.327 e. The lowest BCUT2D eigenvalue weighted by atomic mass is 10.2. The van der Waals surface area contributed by atoms with Crippen molar-refractivity contribution in [2.45, 2.75) is 25.8 Å². The molecule has 1 heterocycles. The molecule has 1 aliphatic heterocycles. The number of amides is 1. The summed E-state index contributed by atoms with van der Waals surface area (Å²) in [6.07, 6.45) is 1.22. The summed E-state index contributed by atoms with van der Waals surface area (Å²) in [5, 5.41) is 8.79. The lowest BCUT2D eigenvalue weighted by Crippen LogP contribution is -2.41. The van der Waals surface area contributed by atoms with Gasteiger partial charge in [-0.2, -0.15) is 0 Å². The minimum Gasteiger partial charge on any atom is -0.480 e. The van der Waals surface area contributed by atoms with Gasteiger partial charge in [0.05, 0.1) is 5.88 Å². The first-order chi connectivity index (χ1) is 6.16. The Labute approximate surface area is 81.3 Å². The van der Waals surface area contributed by atoms with Crippen LogP contribution in [0.3, 0.4) is 0 Å². The lowest BCUT2D eigenvalue weighted by Gasteiger charge is -2.19. The van der Waals surface area contributed by atoms with Gasteiger partial charge in [0.1, 0.15) is 6.04 Å². The van der Waals surface area contributed by atoms with Gasteiger partial charge in [-0.25, -0.2) is 4.79 Å². The normalized spacial score (nSPS) is 21.9. The second kappa shape index (κ2) is 4.50. The summed E-state index contributed by atoms with van der Waals surface area (Å²) in [4.78, 5) is 23.6. The molecule has 1 aliphatic rings. The van der Waals surface area contributed by atoms with E-state index in [0.717, 1.165) is 6.42 Å². The molecule has 0 radical (unpaired) electrons. The number of carboxylic acid groups (broad SMARTS) is 1. The SMILES string of the molecule is CCCC(=O)N1CSCC1C(=O)O. The van der Waals surface area contributed by atoms with Gasteiger partial charge in [-0.05, 0) is 6.42 Å². The molecule has 1 atom stereocenters. The largest absolute Gasteiger partial charge is 0.480 e. The standard InChI is InChI=1S/C8H13NO3S/c1-2-3-7(10)9-5-13-4-6(9)8(11)12/h6H,2-5H2,1H3,(H,11,12). The fraction of sp³-hybridized carbons (Fsp3) is 0.750. The van der Waals surface area contributed by atoms with Crippen LogP contribution in [-0.2, 0) is 9.59 Å². The Morgan fingerprint density at radius 2 is 2.31 bits per heavy atom. The monoisotopic (exact) mass is 203 g/mol. The van der Waals surface area contributed by atoms with Gasteiger partial charge < -0.3 is 10.0 Å². The molecule has 1 unspecified atom stereocenters. The van der Waals surface area contributed by atoms with Gasteiger partial charge in [-0.1, -0.05) is 6.92 Å². The summed E-state index contributed by atoms with van der Waals surface area (Å²) in [6.45, 7) is 1.91. The van der Waals surface area contributed by atoms with Gasteiger partial charge >= 0.3 is 5.97 Å². The van der Waals surface area contributed by atoms with Crippen LogP contribution in [0.5, 0.6) is 0 Å². The molecule has 4 nitrogen and oxygen atoms in total. The number of thioether (sulfide) groups is 1. The molecule has 0 aromatic rings. The molecule has 13 heavy (non-hydrogen) atoms. The Morgan fingerprint density at radius 1 is 1.62 bits per heavy atom. The average molecular weight is 203 g/mol. The lowest BCUT2D eigenvalue weighted by molar-refractivity contribution is -0.147. The van der Waals surface area contributed by atoms with Gasteiger partial charge in [0.25, 0.3) is 0 Å². The molecule has 1 fully saturated rings. The maximum atomic E-state index is 11.4. The summed E-state index contributed by atoms with van der Waals surface area (Å²) in [5.74, 6) is 0.106. The fourth-order valence-electron chi connectivity index (χ4n) is 1.25. The Morgan fingerprint density at radius 3 is 2.85 bits per heavy atom. The number of hydrogen-bond acceptors (Lipinski definition) is 3. The van der Waals surface area contributed by atoms with Crippen LogP contribution in [0.2, 0.25) is 0 Å². The number of rotatable bonds is 3. The summed E-state index contributed by atoms with van der Waals surface area (Å²) < 4.78 is 0. The first-order valence-electron chi connectivity index (χ1n) is 4.26. The van der Waals surface area contributed by atoms with Crippen LogP contribution in [0.1, 0.15) is 19.8 Å². The fourth-order valence-corrected chi connectivity index (χ4v) is 2.42. The van der Waals surface area contributed by atoms with E-state index in [1.54, 1.807) is 0 Å². The second-order valence-electron chi connectivity index (χ2n) is 2.97. The first kappa shape index (κ1) is 10.4. The molecule has 74 valence electrons. The van der Waals surface area contributed by atoms with E-state index in [1.165, 1.54) is 16.7 Å². The van der Waals surface area contributed by atoms with Crippen molar-refractivity contribution in [2.24, 2.45) is 0 Å². The van der Waals surface area contributed by atoms with Crippen molar-refractivity contribution in [3.8, 4) is 0 Å². The Hall–Kier alpha value is -0.710. The Balaban J connectivity index is 2.57. The zero-order valence-corrected chi connectivity index (χ0v) is 8.34. The molecule has 0 bridgehead atoms. The van der Waals surface area contributed by atoms with Crippen molar-refractivity contribution in [2.75, 3.05) is 11.6 Å². The topological polar surface area (TPSA) is 57.6 Å². The highest BCUT2D eigenvalue weighted by Crippen LogP contribution is 2.21. The van der Waals surface area contributed by atoms with Gasteiger partial charge in [0, 0.05) is 12.2 Å². The third-order valence-corrected chi connectivity index (χ3v) is 2.96. The molecule has 0 saturated carbocycles. The number of nitrogens with zero attached hydrogens (tertiary/aromatic N) is 1. The van der Waals surface area contributed by atoms with E-state index in [-0.39, 0.29) is 5.91 Å². The van der Waals surface area contributed by atoms with Crippen molar-refractivity contribution >= 4 is 23.6 Å². The highest BCUT2D eigenvalue weighted by Gasteiger charge is 2.33. The van der Waals surface area contributed by atoms with Crippen LogP contribution in [0.25, 0.3) is 0 Å². The van der Waals surface area contributed by atoms with Gasteiger partial charge in [0.2, 0.25) is 5.91 Å². The summed E-state index contributed by atoms with van der Waals surface area (Å²) in [6, 6.07) is -0.607. The zero-order chi connectivity index (χ0) is 9.84. The van der Waals surface area contributed by atoms with Crippen molar-refractivity contribution in [1.29, 1.82) is 0 Å². The second-order valence-corrected chi connectivity index (χ2v) is 3.97. The Bertz CT molecular complexity index is 219. The van der Waals surface area contributed by atoms with Crippen molar-refractivity contribution in [3.05, 3.63) is 0 Å². The van der Waals surface area contributed by atoms with E-state index in [1.807, 2.05) is 6.92 Å². The summed E-state index contributed by atoms with van der Waals surface area (Å²) in [7, 11) is 0. The maximum absolute atomic E-state index is 11.4. The number of aliphatic carboxylic acids is 1. The van der Waals surface area contributed by atoms with E-state index in [0.29, 0.717) is 18.1 Å². The first-order valence-corrected chi connectivity index (χ1v) is 5.42. The highest BCUT2D eigenvalue weighted by atomic mass is 32.2. The molecule has 1 N–H and O–H groups in total. The van der Waals surface area contributed by atoms with E-state index in [9.17, 15) is 9.59 Å². The number of carbonyl (C=O) groups is 2. The van der Waals surface area contributed by atoms with Crippen LogP contribution >= 0.6 is 11.8 Å². The molecule has 0 spiro atoms. The van der Waals surface area contributed by atoms with E-state index in [4.69, 9.17) is 5.11 Å². The highest BCUT2D eigenvalue weighted by molar-refractivity contribution is 7.99. The molecule has 1 amide bonds. The van der Waals surface area contributed by atoms with E-state index in [2.05, 4.69) is 0 Å². The van der Waals surface area contributed by atoms with Crippen LogP contribution < -0.4 is 0 Å². The molecule has 0 aromatic heterocycles. The van der Waals surface area contributed by atoms with E-state index < -0.39 is 12.0 Å². The molecule has 1 saturated heterocycles. The van der Waals surface area contributed by atoms with Gasteiger partial charge in [-0.15, -0.1) is 11.8 Å². The number of carboxylic acids is 1. The smallest absolute Gasteiger partial charge is 0.327 e. The van der Waals surface area contributed by atoms with Crippen LogP contribution in [0, 0.1) is 0 Å². The Kier molecular flexibility index (Phi) is 3.59. The van der Waals surface area contributed by atoms with Crippen molar-refractivity contribution in [3.63, 3.8) is 0 Å². The minimum absolute atomic E-state index is 0.0418. The molecule has 0 aliphatic carbocycles. The molecule has 0 aromatic carbocycles. The molecule has 1 rings (SSSR count). The predicted molar refractivity (Wildman–Crippen MR) is 50.5 cm³/mol. The molecular weight excluding hydrogens is 190 g/mol. The zero-order valence-electron chi connectivity index (χ0n) is 7.52. The molecule has 5 heteroatoms. The summed E-state index contributed by atoms with van der Waals surface area (Å²) in [5.41, 5.74) is 0.